The molecule has 2 aromatic rings. The Morgan fingerprint density at radius 3 is 1.40 bits per heavy atom. The highest BCUT2D eigenvalue weighted by atomic mass is 16.3. The van der Waals surface area contributed by atoms with Gasteiger partial charge in [0.15, 0.2) is 0 Å². The summed E-state index contributed by atoms with van der Waals surface area (Å²) in [6.07, 6.45) is 0. The number of phenols is 2. The Hall–Kier alpha value is -2.04. The molecule has 4 nitrogen and oxygen atoms in total. The third-order valence-corrected chi connectivity index (χ3v) is 4.58. The fourth-order valence-corrected chi connectivity index (χ4v) is 3.05. The molecule has 0 saturated carbocycles. The molecule has 0 heterocycles. The molecule has 0 atom stereocenters. The molecule has 0 unspecified atom stereocenters. The van der Waals surface area contributed by atoms with Crippen LogP contribution in [0.3, 0.4) is 0 Å². The maximum absolute atomic E-state index is 10.1. The molecule has 0 saturated heterocycles. The fraction of sp³-hybridized carbons (Fsp3) is 0.429. The standard InChI is InChI=1S/C21H30N2O2/c1-21(2,17-7-9-19(24)15(11-17)13-22(3)4)18-8-10-20(25)16(12-18)14-23(5)6/h7-12,24-25H,13-14H2,1-6H3. The first kappa shape index (κ1) is 19.3. The van der Waals surface area contributed by atoms with Crippen LogP contribution >= 0.6 is 0 Å². The van der Waals surface area contributed by atoms with Gasteiger partial charge in [0.25, 0.3) is 0 Å². The minimum Gasteiger partial charge on any atom is -0.508 e. The number of hydrogen-bond donors (Lipinski definition) is 2. The third-order valence-electron chi connectivity index (χ3n) is 4.58. The Balaban J connectivity index is 2.44. The lowest BCUT2D eigenvalue weighted by Gasteiger charge is -2.28. The lowest BCUT2D eigenvalue weighted by molar-refractivity contribution is 0.384. The predicted molar refractivity (Wildman–Crippen MR) is 103 cm³/mol. The van der Waals surface area contributed by atoms with Crippen LogP contribution in [0.1, 0.15) is 36.1 Å². The average molecular weight is 342 g/mol. The van der Waals surface area contributed by atoms with Crippen molar-refractivity contribution in [2.75, 3.05) is 28.2 Å². The van der Waals surface area contributed by atoms with E-state index >= 15 is 0 Å². The summed E-state index contributed by atoms with van der Waals surface area (Å²) in [6, 6.07) is 11.7. The van der Waals surface area contributed by atoms with Crippen molar-refractivity contribution >= 4 is 0 Å². The molecule has 136 valence electrons. The number of phenolic OH excluding ortho intramolecular Hbond substituents is 2. The van der Waals surface area contributed by atoms with Gasteiger partial charge in [0.05, 0.1) is 0 Å². The van der Waals surface area contributed by atoms with E-state index in [2.05, 4.69) is 26.0 Å². The second-order valence-corrected chi connectivity index (χ2v) is 7.79. The Labute approximate surface area is 151 Å². The van der Waals surface area contributed by atoms with Gasteiger partial charge < -0.3 is 20.0 Å². The molecule has 2 N–H and O–H groups in total. The van der Waals surface area contributed by atoms with Gasteiger partial charge in [-0.2, -0.15) is 0 Å². The van der Waals surface area contributed by atoms with Gasteiger partial charge >= 0.3 is 0 Å². The van der Waals surface area contributed by atoms with Gasteiger partial charge in [0, 0.05) is 29.6 Å². The Kier molecular flexibility index (Phi) is 5.76. The molecule has 0 radical (unpaired) electrons. The van der Waals surface area contributed by atoms with Crippen LogP contribution in [0.2, 0.25) is 0 Å². The van der Waals surface area contributed by atoms with Crippen molar-refractivity contribution in [2.24, 2.45) is 0 Å². The third kappa shape index (κ3) is 4.53. The van der Waals surface area contributed by atoms with E-state index in [1.807, 2.05) is 50.1 Å². The second kappa shape index (κ2) is 7.46. The maximum Gasteiger partial charge on any atom is 0.120 e. The summed E-state index contributed by atoms with van der Waals surface area (Å²) in [6.45, 7) is 5.73. The van der Waals surface area contributed by atoms with E-state index < -0.39 is 0 Å². The zero-order valence-corrected chi connectivity index (χ0v) is 16.2. The molecule has 0 amide bonds. The Morgan fingerprint density at radius 2 is 1.08 bits per heavy atom. The van der Waals surface area contributed by atoms with E-state index in [9.17, 15) is 10.2 Å². The molecular weight excluding hydrogens is 312 g/mol. The Bertz CT molecular complexity index is 675. The van der Waals surface area contributed by atoms with Crippen molar-refractivity contribution < 1.29 is 10.2 Å². The van der Waals surface area contributed by atoms with E-state index in [-0.39, 0.29) is 5.41 Å². The predicted octanol–water partition coefficient (Wildman–Crippen LogP) is 3.55. The van der Waals surface area contributed by atoms with E-state index in [0.29, 0.717) is 24.6 Å². The summed E-state index contributed by atoms with van der Waals surface area (Å²) in [5, 5.41) is 20.3. The molecular formula is C21H30N2O2. The van der Waals surface area contributed by atoms with Crippen molar-refractivity contribution in [3.8, 4) is 11.5 Å². The summed E-state index contributed by atoms with van der Waals surface area (Å²) >= 11 is 0. The van der Waals surface area contributed by atoms with Gasteiger partial charge in [0.1, 0.15) is 11.5 Å². The zero-order valence-electron chi connectivity index (χ0n) is 16.2. The smallest absolute Gasteiger partial charge is 0.120 e. The van der Waals surface area contributed by atoms with Crippen molar-refractivity contribution in [1.82, 2.24) is 9.80 Å². The first-order chi connectivity index (χ1) is 11.6. The lowest BCUT2D eigenvalue weighted by atomic mass is 9.77. The van der Waals surface area contributed by atoms with E-state index in [1.165, 1.54) is 0 Å². The normalized spacial score (nSPS) is 12.2. The number of nitrogens with zero attached hydrogens (tertiary/aromatic N) is 2. The van der Waals surface area contributed by atoms with Crippen LogP contribution in [-0.4, -0.2) is 48.2 Å². The molecule has 0 aliphatic heterocycles. The second-order valence-electron chi connectivity index (χ2n) is 7.79. The number of rotatable bonds is 6. The minimum absolute atomic E-state index is 0.233. The molecule has 0 aliphatic rings. The fourth-order valence-electron chi connectivity index (χ4n) is 3.05. The molecule has 25 heavy (non-hydrogen) atoms. The topological polar surface area (TPSA) is 46.9 Å². The highest BCUT2D eigenvalue weighted by molar-refractivity contribution is 5.47. The highest BCUT2D eigenvalue weighted by Crippen LogP contribution is 2.36. The average Bonchev–Trinajstić information content (AvgIpc) is 2.50. The van der Waals surface area contributed by atoms with Crippen LogP contribution in [0, 0.1) is 0 Å². The summed E-state index contributed by atoms with van der Waals surface area (Å²) in [7, 11) is 7.96. The summed E-state index contributed by atoms with van der Waals surface area (Å²) in [4.78, 5) is 4.09. The van der Waals surface area contributed by atoms with Gasteiger partial charge in [-0.25, -0.2) is 0 Å². The van der Waals surface area contributed by atoms with Crippen LogP contribution in [0.4, 0.5) is 0 Å². The van der Waals surface area contributed by atoms with Gasteiger partial charge in [-0.1, -0.05) is 26.0 Å². The monoisotopic (exact) mass is 342 g/mol. The SMILES string of the molecule is CN(C)Cc1cc(C(C)(C)c2ccc(O)c(CN(C)C)c2)ccc1O. The van der Waals surface area contributed by atoms with E-state index in [4.69, 9.17) is 0 Å². The highest BCUT2D eigenvalue weighted by Gasteiger charge is 2.25. The first-order valence-electron chi connectivity index (χ1n) is 8.55. The molecule has 0 aromatic heterocycles. The number of benzene rings is 2. The molecule has 4 heteroatoms. The molecule has 0 aliphatic carbocycles. The number of aromatic hydroxyl groups is 2. The van der Waals surface area contributed by atoms with Crippen LogP contribution in [-0.2, 0) is 18.5 Å². The zero-order chi connectivity index (χ0) is 18.8. The van der Waals surface area contributed by atoms with Crippen molar-refractivity contribution in [3.05, 3.63) is 58.7 Å². The van der Waals surface area contributed by atoms with Crippen LogP contribution in [0.5, 0.6) is 11.5 Å². The van der Waals surface area contributed by atoms with Gasteiger partial charge in [-0.15, -0.1) is 0 Å². The summed E-state index contributed by atoms with van der Waals surface area (Å²) < 4.78 is 0. The largest absolute Gasteiger partial charge is 0.508 e. The molecule has 2 aromatic carbocycles. The molecule has 2 rings (SSSR count). The van der Waals surface area contributed by atoms with Crippen LogP contribution in [0.25, 0.3) is 0 Å². The first-order valence-corrected chi connectivity index (χ1v) is 8.55. The van der Waals surface area contributed by atoms with Crippen molar-refractivity contribution in [2.45, 2.75) is 32.4 Å². The molecule has 0 spiro atoms. The van der Waals surface area contributed by atoms with Crippen LogP contribution < -0.4 is 0 Å². The van der Waals surface area contributed by atoms with E-state index in [0.717, 1.165) is 22.3 Å². The van der Waals surface area contributed by atoms with Gasteiger partial charge in [-0.05, 0) is 63.6 Å². The number of hydrogen-bond acceptors (Lipinski definition) is 4. The van der Waals surface area contributed by atoms with Gasteiger partial charge in [-0.3, -0.25) is 0 Å². The summed E-state index contributed by atoms with van der Waals surface area (Å²) in [5.74, 6) is 0.652. The van der Waals surface area contributed by atoms with Crippen LogP contribution in [0.15, 0.2) is 36.4 Å². The Morgan fingerprint density at radius 1 is 0.720 bits per heavy atom. The van der Waals surface area contributed by atoms with Gasteiger partial charge in [0.2, 0.25) is 0 Å². The molecule has 0 bridgehead atoms. The van der Waals surface area contributed by atoms with E-state index in [1.54, 1.807) is 12.1 Å². The maximum atomic E-state index is 10.1. The molecule has 0 fully saturated rings. The lowest BCUT2D eigenvalue weighted by Crippen LogP contribution is -2.21. The van der Waals surface area contributed by atoms with Crippen molar-refractivity contribution in [1.29, 1.82) is 0 Å². The quantitative estimate of drug-likeness (QED) is 0.843. The summed E-state index contributed by atoms with van der Waals surface area (Å²) in [5.41, 5.74) is 3.89. The van der Waals surface area contributed by atoms with Crippen molar-refractivity contribution in [3.63, 3.8) is 0 Å². The minimum atomic E-state index is -0.233.